The lowest BCUT2D eigenvalue weighted by Crippen LogP contribution is -2.14. The minimum Gasteiger partial charge on any atom is -0.461 e. The zero-order chi connectivity index (χ0) is 16.8. The van der Waals surface area contributed by atoms with Crippen molar-refractivity contribution in [2.75, 3.05) is 17.7 Å². The van der Waals surface area contributed by atoms with Gasteiger partial charge in [-0.05, 0) is 6.92 Å². The number of esters is 1. The summed E-state index contributed by atoms with van der Waals surface area (Å²) in [7, 11) is 0. The van der Waals surface area contributed by atoms with E-state index < -0.39 is 5.97 Å². The number of rotatable bonds is 7. The molecule has 2 aromatic rings. The molecule has 0 aliphatic heterocycles. The van der Waals surface area contributed by atoms with Crippen molar-refractivity contribution in [2.24, 2.45) is 0 Å². The molecule has 1 amide bonds. The zero-order valence-electron chi connectivity index (χ0n) is 13.0. The number of hydrogen-bond donors (Lipinski definition) is 2. The van der Waals surface area contributed by atoms with Gasteiger partial charge in [-0.1, -0.05) is 36.9 Å². The van der Waals surface area contributed by atoms with Crippen molar-refractivity contribution >= 4 is 40.1 Å². The predicted molar refractivity (Wildman–Crippen MR) is 87.9 cm³/mol. The monoisotopic (exact) mass is 355 g/mol. The van der Waals surface area contributed by atoms with Crippen LogP contribution < -0.4 is 5.32 Å². The summed E-state index contributed by atoms with van der Waals surface area (Å²) < 4.78 is 4.85. The Hall–Kier alpha value is -1.94. The van der Waals surface area contributed by atoms with Crippen molar-refractivity contribution in [1.29, 1.82) is 0 Å². The average molecular weight is 355 g/mol. The van der Waals surface area contributed by atoms with E-state index in [1.165, 1.54) is 29.3 Å². The first-order valence-corrected chi connectivity index (χ1v) is 8.78. The Morgan fingerprint density at radius 1 is 1.43 bits per heavy atom. The van der Waals surface area contributed by atoms with Crippen molar-refractivity contribution in [2.45, 2.75) is 31.8 Å². The number of imidazole rings is 1. The second-order valence-electron chi connectivity index (χ2n) is 4.76. The van der Waals surface area contributed by atoms with Crippen LogP contribution in [0.2, 0.25) is 0 Å². The van der Waals surface area contributed by atoms with E-state index in [0.717, 1.165) is 5.01 Å². The van der Waals surface area contributed by atoms with Crippen molar-refractivity contribution in [1.82, 2.24) is 20.2 Å². The number of H-pyrrole nitrogens is 1. The fourth-order valence-corrected chi connectivity index (χ4v) is 2.91. The van der Waals surface area contributed by atoms with Gasteiger partial charge in [0.2, 0.25) is 11.0 Å². The number of nitrogens with one attached hydrogen (secondary N) is 2. The molecule has 0 unspecified atom stereocenters. The van der Waals surface area contributed by atoms with E-state index in [-0.39, 0.29) is 23.3 Å². The highest BCUT2D eigenvalue weighted by Crippen LogP contribution is 2.22. The first kappa shape index (κ1) is 17.4. The summed E-state index contributed by atoms with van der Waals surface area (Å²) in [5, 5.41) is 12.4. The van der Waals surface area contributed by atoms with Crippen molar-refractivity contribution < 1.29 is 14.3 Å². The summed E-state index contributed by atoms with van der Waals surface area (Å²) in [6, 6.07) is 0. The number of thioether (sulfide) groups is 1. The van der Waals surface area contributed by atoms with E-state index >= 15 is 0 Å². The van der Waals surface area contributed by atoms with Gasteiger partial charge in [-0.15, -0.1) is 10.2 Å². The lowest BCUT2D eigenvalue weighted by molar-refractivity contribution is -0.113. The highest BCUT2D eigenvalue weighted by atomic mass is 32.2. The molecule has 124 valence electrons. The number of ether oxygens (including phenoxy) is 1. The third-order valence-electron chi connectivity index (χ3n) is 2.57. The minimum absolute atomic E-state index is 0.145. The molecule has 0 saturated carbocycles. The van der Waals surface area contributed by atoms with Gasteiger partial charge >= 0.3 is 5.97 Å². The fraction of sp³-hybridized carbons (Fsp3) is 0.462. The molecule has 0 saturated heterocycles. The molecule has 0 spiro atoms. The SMILES string of the molecule is CCOC(=O)c1cnc(SCC(=O)Nc2nnc(C(C)C)s2)[nH]1. The van der Waals surface area contributed by atoms with Crippen LogP contribution in [0.3, 0.4) is 0 Å². The quantitative estimate of drug-likeness (QED) is 0.579. The summed E-state index contributed by atoms with van der Waals surface area (Å²) in [5.41, 5.74) is 0.264. The van der Waals surface area contributed by atoms with Crippen molar-refractivity contribution in [3.63, 3.8) is 0 Å². The Labute approximate surface area is 141 Å². The van der Waals surface area contributed by atoms with E-state index in [4.69, 9.17) is 4.74 Å². The summed E-state index contributed by atoms with van der Waals surface area (Å²) in [5.74, 6) is -0.259. The van der Waals surface area contributed by atoms with Crippen LogP contribution in [0.25, 0.3) is 0 Å². The topological polar surface area (TPSA) is 110 Å². The van der Waals surface area contributed by atoms with Gasteiger partial charge in [0, 0.05) is 5.92 Å². The number of hydrogen-bond acceptors (Lipinski definition) is 8. The number of aromatic nitrogens is 4. The first-order valence-electron chi connectivity index (χ1n) is 6.97. The van der Waals surface area contributed by atoms with Gasteiger partial charge in [-0.2, -0.15) is 0 Å². The molecule has 0 aromatic carbocycles. The maximum atomic E-state index is 11.9. The summed E-state index contributed by atoms with van der Waals surface area (Å²) in [6.07, 6.45) is 1.39. The highest BCUT2D eigenvalue weighted by Gasteiger charge is 2.13. The lowest BCUT2D eigenvalue weighted by atomic mass is 10.2. The molecule has 2 aromatic heterocycles. The van der Waals surface area contributed by atoms with E-state index in [1.54, 1.807) is 6.92 Å². The standard InChI is InChI=1S/C13H17N5O3S2/c1-4-21-11(20)8-5-14-12(15-8)22-6-9(19)16-13-18-17-10(23-13)7(2)3/h5,7H,4,6H2,1-3H3,(H,14,15)(H,16,18,19). The Morgan fingerprint density at radius 3 is 2.87 bits per heavy atom. The van der Waals surface area contributed by atoms with Crippen molar-refractivity contribution in [3.8, 4) is 0 Å². The summed E-state index contributed by atoms with van der Waals surface area (Å²) in [4.78, 5) is 30.2. The molecule has 8 nitrogen and oxygen atoms in total. The molecule has 0 bridgehead atoms. The van der Waals surface area contributed by atoms with Gasteiger partial charge in [-0.3, -0.25) is 10.1 Å². The third kappa shape index (κ3) is 5.03. The smallest absolute Gasteiger partial charge is 0.356 e. The molecule has 2 N–H and O–H groups in total. The number of carbonyl (C=O) groups is 2. The van der Waals surface area contributed by atoms with Gasteiger partial charge in [0.1, 0.15) is 10.7 Å². The third-order valence-corrected chi connectivity index (χ3v) is 4.60. The number of aromatic amines is 1. The normalized spacial score (nSPS) is 10.8. The number of anilines is 1. The largest absolute Gasteiger partial charge is 0.461 e. The van der Waals surface area contributed by atoms with Gasteiger partial charge < -0.3 is 9.72 Å². The molecule has 0 radical (unpaired) electrons. The molecule has 0 fully saturated rings. The minimum atomic E-state index is -0.466. The second kappa shape index (κ2) is 8.06. The van der Waals surface area contributed by atoms with Crippen LogP contribution in [0.1, 0.15) is 42.2 Å². The van der Waals surface area contributed by atoms with Gasteiger partial charge in [0.15, 0.2) is 5.16 Å². The Balaban J connectivity index is 1.83. The molecular formula is C13H17N5O3S2. The highest BCUT2D eigenvalue weighted by molar-refractivity contribution is 7.99. The maximum Gasteiger partial charge on any atom is 0.356 e. The van der Waals surface area contributed by atoms with Gasteiger partial charge in [-0.25, -0.2) is 9.78 Å². The fourth-order valence-electron chi connectivity index (χ4n) is 1.50. The van der Waals surface area contributed by atoms with Crippen LogP contribution in [0.4, 0.5) is 5.13 Å². The maximum absolute atomic E-state index is 11.9. The lowest BCUT2D eigenvalue weighted by Gasteiger charge is -2.00. The first-order chi connectivity index (χ1) is 11.0. The second-order valence-corrected chi connectivity index (χ2v) is 6.73. The Kier molecular flexibility index (Phi) is 6.11. The van der Waals surface area contributed by atoms with Crippen molar-refractivity contribution in [3.05, 3.63) is 16.9 Å². The van der Waals surface area contributed by atoms with E-state index in [0.29, 0.717) is 16.9 Å². The van der Waals surface area contributed by atoms with E-state index in [1.807, 2.05) is 13.8 Å². The Morgan fingerprint density at radius 2 is 2.22 bits per heavy atom. The molecule has 23 heavy (non-hydrogen) atoms. The van der Waals surface area contributed by atoms with Crippen LogP contribution in [-0.2, 0) is 9.53 Å². The van der Waals surface area contributed by atoms with Crippen LogP contribution in [0.15, 0.2) is 11.4 Å². The van der Waals surface area contributed by atoms with Gasteiger partial charge in [0.25, 0.3) is 0 Å². The molecule has 2 rings (SSSR count). The molecule has 10 heteroatoms. The summed E-state index contributed by atoms with van der Waals surface area (Å²) >= 11 is 2.54. The van der Waals surface area contributed by atoms with Crippen LogP contribution >= 0.6 is 23.1 Å². The van der Waals surface area contributed by atoms with Crippen LogP contribution in [0.5, 0.6) is 0 Å². The van der Waals surface area contributed by atoms with E-state index in [9.17, 15) is 9.59 Å². The van der Waals surface area contributed by atoms with E-state index in [2.05, 4.69) is 25.5 Å². The van der Waals surface area contributed by atoms with Crippen LogP contribution in [0, 0.1) is 0 Å². The molecule has 0 aliphatic rings. The molecule has 0 atom stereocenters. The van der Waals surface area contributed by atoms with Crippen LogP contribution in [-0.4, -0.2) is 44.4 Å². The number of nitrogens with zero attached hydrogens (tertiary/aromatic N) is 3. The zero-order valence-corrected chi connectivity index (χ0v) is 14.6. The molecule has 0 aliphatic carbocycles. The predicted octanol–water partition coefficient (Wildman–Crippen LogP) is 2.29. The number of carbonyl (C=O) groups excluding carboxylic acids is 2. The molecular weight excluding hydrogens is 338 g/mol. The Bertz CT molecular complexity index is 683. The van der Waals surface area contributed by atoms with Gasteiger partial charge in [0.05, 0.1) is 18.6 Å². The average Bonchev–Trinajstić information content (AvgIpc) is 3.14. The number of amides is 1. The molecule has 2 heterocycles. The summed E-state index contributed by atoms with van der Waals surface area (Å²) in [6.45, 7) is 6.05.